The minimum absolute atomic E-state index is 0.827. The van der Waals surface area contributed by atoms with E-state index in [2.05, 4.69) is 20.2 Å². The van der Waals surface area contributed by atoms with Gasteiger partial charge in [0.1, 0.15) is 11.3 Å². The SMILES string of the molecule is Cc1nc2ccc3[nH][nH]c(C)c3c2n1. The first-order chi connectivity index (χ1) is 6.75. The fraction of sp³-hybridized carbons (Fsp3) is 0.200. The van der Waals surface area contributed by atoms with Crippen LogP contribution in [0.4, 0.5) is 0 Å². The molecule has 0 fully saturated rings. The van der Waals surface area contributed by atoms with Crippen LogP contribution < -0.4 is 0 Å². The molecule has 3 aromatic rings. The van der Waals surface area contributed by atoms with Crippen LogP contribution in [-0.2, 0) is 0 Å². The van der Waals surface area contributed by atoms with E-state index in [0.717, 1.165) is 33.5 Å². The lowest BCUT2D eigenvalue weighted by atomic mass is 10.2. The van der Waals surface area contributed by atoms with E-state index in [4.69, 9.17) is 0 Å². The molecule has 0 aliphatic rings. The molecule has 0 unspecified atom stereocenters. The van der Waals surface area contributed by atoms with E-state index in [0.29, 0.717) is 0 Å². The minimum atomic E-state index is 0.827. The topological polar surface area (TPSA) is 57.4 Å². The molecule has 3 rings (SSSR count). The summed E-state index contributed by atoms with van der Waals surface area (Å²) < 4.78 is 0. The quantitative estimate of drug-likeness (QED) is 0.564. The Kier molecular flexibility index (Phi) is 1.27. The van der Waals surface area contributed by atoms with E-state index in [1.807, 2.05) is 26.0 Å². The third kappa shape index (κ3) is 0.824. The molecule has 2 heterocycles. The number of aryl methyl sites for hydroxylation is 2. The van der Waals surface area contributed by atoms with Crippen LogP contribution in [0.5, 0.6) is 0 Å². The molecule has 4 heteroatoms. The summed E-state index contributed by atoms with van der Waals surface area (Å²) >= 11 is 0. The van der Waals surface area contributed by atoms with E-state index in [-0.39, 0.29) is 0 Å². The molecule has 0 bridgehead atoms. The van der Waals surface area contributed by atoms with Gasteiger partial charge in [-0.05, 0) is 26.0 Å². The molecule has 4 nitrogen and oxygen atoms in total. The average Bonchev–Trinajstić information content (AvgIpc) is 2.68. The monoisotopic (exact) mass is 186 g/mol. The first kappa shape index (κ1) is 7.55. The summed E-state index contributed by atoms with van der Waals surface area (Å²) in [6, 6.07) is 4.01. The van der Waals surface area contributed by atoms with Gasteiger partial charge in [-0.2, -0.15) is 0 Å². The van der Waals surface area contributed by atoms with Crippen LogP contribution in [0.3, 0.4) is 0 Å². The van der Waals surface area contributed by atoms with E-state index in [1.165, 1.54) is 0 Å². The van der Waals surface area contributed by atoms with Gasteiger partial charge in [0, 0.05) is 11.1 Å². The van der Waals surface area contributed by atoms with Gasteiger partial charge in [0.05, 0.1) is 11.0 Å². The minimum Gasteiger partial charge on any atom is -0.305 e. The average molecular weight is 186 g/mol. The summed E-state index contributed by atoms with van der Waals surface area (Å²) in [5.41, 5.74) is 4.13. The first-order valence-electron chi connectivity index (χ1n) is 4.56. The van der Waals surface area contributed by atoms with Crippen molar-refractivity contribution in [3.05, 3.63) is 23.7 Å². The third-order valence-electron chi connectivity index (χ3n) is 2.47. The summed E-state index contributed by atoms with van der Waals surface area (Å²) in [4.78, 5) is 8.77. The highest BCUT2D eigenvalue weighted by Gasteiger charge is 2.08. The smallest absolute Gasteiger partial charge is 0.126 e. The van der Waals surface area contributed by atoms with Crippen molar-refractivity contribution in [2.45, 2.75) is 13.8 Å². The van der Waals surface area contributed by atoms with Crippen LogP contribution in [-0.4, -0.2) is 20.2 Å². The lowest BCUT2D eigenvalue weighted by molar-refractivity contribution is 1.07. The van der Waals surface area contributed by atoms with Crippen LogP contribution in [0.2, 0.25) is 0 Å². The highest BCUT2D eigenvalue weighted by molar-refractivity contribution is 6.04. The van der Waals surface area contributed by atoms with Crippen LogP contribution in [0.15, 0.2) is 12.1 Å². The Morgan fingerprint density at radius 3 is 2.79 bits per heavy atom. The zero-order chi connectivity index (χ0) is 9.71. The molecule has 0 amide bonds. The van der Waals surface area contributed by atoms with Gasteiger partial charge in [0.15, 0.2) is 0 Å². The molecule has 1 aromatic carbocycles. The molecule has 0 atom stereocenters. The van der Waals surface area contributed by atoms with E-state index in [9.17, 15) is 0 Å². The molecule has 0 aliphatic carbocycles. The van der Waals surface area contributed by atoms with Gasteiger partial charge in [-0.3, -0.25) is 0 Å². The number of fused-ring (bicyclic) bond motifs is 3. The first-order valence-corrected chi connectivity index (χ1v) is 4.56. The van der Waals surface area contributed by atoms with Crippen molar-refractivity contribution in [3.8, 4) is 0 Å². The Hall–Kier alpha value is -1.84. The number of nitrogens with zero attached hydrogens (tertiary/aromatic N) is 2. The lowest BCUT2D eigenvalue weighted by Crippen LogP contribution is -1.74. The molecule has 2 aromatic heterocycles. The molecule has 0 spiro atoms. The fourth-order valence-electron chi connectivity index (χ4n) is 1.85. The standard InChI is InChI=1S/C10H10N4/c1-5-9-7(14-13-5)3-4-8-10(9)12-6(2)11-8/h3-4,13-14H,1-2H3. The van der Waals surface area contributed by atoms with Gasteiger partial charge in [-0.1, -0.05) is 0 Å². The molecule has 0 saturated carbocycles. The number of H-pyrrole nitrogens is 2. The number of imidazole rings is 1. The van der Waals surface area contributed by atoms with Crippen LogP contribution >= 0.6 is 0 Å². The maximum Gasteiger partial charge on any atom is 0.126 e. The van der Waals surface area contributed by atoms with Crippen LogP contribution in [0.1, 0.15) is 11.5 Å². The Morgan fingerprint density at radius 1 is 1.07 bits per heavy atom. The molecule has 70 valence electrons. The van der Waals surface area contributed by atoms with E-state index >= 15 is 0 Å². The van der Waals surface area contributed by atoms with Crippen LogP contribution in [0.25, 0.3) is 21.9 Å². The number of hydrogen-bond acceptors (Lipinski definition) is 2. The van der Waals surface area contributed by atoms with Gasteiger partial charge in [0.25, 0.3) is 0 Å². The second kappa shape index (κ2) is 2.35. The maximum atomic E-state index is 4.42. The highest BCUT2D eigenvalue weighted by atomic mass is 15.1. The summed E-state index contributed by atoms with van der Waals surface area (Å²) in [7, 11) is 0. The Morgan fingerprint density at radius 2 is 1.93 bits per heavy atom. The predicted octanol–water partition coefficient (Wildman–Crippen LogP) is 2.06. The van der Waals surface area contributed by atoms with Gasteiger partial charge < -0.3 is 10.2 Å². The summed E-state index contributed by atoms with van der Waals surface area (Å²) in [6.07, 6.45) is 0. The number of rotatable bonds is 0. The Labute approximate surface area is 80.4 Å². The lowest BCUT2D eigenvalue weighted by Gasteiger charge is -1.90. The fourth-order valence-corrected chi connectivity index (χ4v) is 1.85. The van der Waals surface area contributed by atoms with Crippen molar-refractivity contribution >= 4 is 21.9 Å². The zero-order valence-electron chi connectivity index (χ0n) is 8.05. The second-order valence-corrected chi connectivity index (χ2v) is 3.50. The summed E-state index contributed by atoms with van der Waals surface area (Å²) in [6.45, 7) is 3.94. The Balaban J connectivity index is 2.64. The normalized spacial score (nSPS) is 11.6. The predicted molar refractivity (Wildman–Crippen MR) is 55.2 cm³/mol. The zero-order valence-corrected chi connectivity index (χ0v) is 8.05. The van der Waals surface area contributed by atoms with Gasteiger partial charge in [-0.25, -0.2) is 9.97 Å². The van der Waals surface area contributed by atoms with E-state index in [1.54, 1.807) is 0 Å². The summed E-state index contributed by atoms with van der Waals surface area (Å²) in [5.74, 6) is 0.827. The van der Waals surface area contributed by atoms with Crippen molar-refractivity contribution in [1.82, 2.24) is 20.2 Å². The third-order valence-corrected chi connectivity index (χ3v) is 2.47. The number of aromatic amines is 2. The molecular formula is C10H10N4. The molecule has 14 heavy (non-hydrogen) atoms. The van der Waals surface area contributed by atoms with E-state index < -0.39 is 0 Å². The molecule has 0 saturated heterocycles. The van der Waals surface area contributed by atoms with Crippen molar-refractivity contribution < 1.29 is 0 Å². The number of aromatic nitrogens is 4. The van der Waals surface area contributed by atoms with Gasteiger partial charge >= 0.3 is 0 Å². The van der Waals surface area contributed by atoms with Gasteiger partial charge in [-0.15, -0.1) is 0 Å². The van der Waals surface area contributed by atoms with Crippen molar-refractivity contribution in [1.29, 1.82) is 0 Å². The number of hydrogen-bond donors (Lipinski definition) is 2. The van der Waals surface area contributed by atoms with Crippen molar-refractivity contribution in [2.24, 2.45) is 0 Å². The number of benzene rings is 1. The molecular weight excluding hydrogens is 176 g/mol. The van der Waals surface area contributed by atoms with Gasteiger partial charge in [0.2, 0.25) is 0 Å². The molecule has 0 radical (unpaired) electrons. The van der Waals surface area contributed by atoms with Crippen molar-refractivity contribution in [2.75, 3.05) is 0 Å². The second-order valence-electron chi connectivity index (χ2n) is 3.50. The largest absolute Gasteiger partial charge is 0.305 e. The summed E-state index contributed by atoms with van der Waals surface area (Å²) in [5, 5.41) is 7.32. The maximum absolute atomic E-state index is 4.42. The van der Waals surface area contributed by atoms with Crippen LogP contribution in [0, 0.1) is 13.8 Å². The molecule has 2 N–H and O–H groups in total. The highest BCUT2D eigenvalue weighted by Crippen LogP contribution is 2.24. The Bertz CT molecular complexity index is 617. The van der Waals surface area contributed by atoms with Crippen molar-refractivity contribution in [3.63, 3.8) is 0 Å². The number of nitrogens with one attached hydrogen (secondary N) is 2. The molecule has 0 aliphatic heterocycles.